The van der Waals surface area contributed by atoms with E-state index in [1.165, 1.54) is 6.07 Å². The zero-order chi connectivity index (χ0) is 16.5. The van der Waals surface area contributed by atoms with Crippen molar-refractivity contribution in [2.45, 2.75) is 46.4 Å². The number of rotatable bonds is 3. The van der Waals surface area contributed by atoms with Gasteiger partial charge in [0.1, 0.15) is 5.82 Å². The Morgan fingerprint density at radius 2 is 2.05 bits per heavy atom. The van der Waals surface area contributed by atoms with E-state index in [4.69, 9.17) is 5.11 Å². The fourth-order valence-electron chi connectivity index (χ4n) is 2.74. The molecule has 5 heteroatoms. The topological polar surface area (TPSA) is 47.9 Å². The van der Waals surface area contributed by atoms with E-state index in [9.17, 15) is 4.39 Å². The molecule has 0 bridgehead atoms. The first-order valence-corrected chi connectivity index (χ1v) is 7.59. The van der Waals surface area contributed by atoms with Crippen LogP contribution in [0.1, 0.15) is 38.8 Å². The summed E-state index contributed by atoms with van der Waals surface area (Å²) >= 11 is 0. The zero-order valence-electron chi connectivity index (χ0n) is 14.1. The first-order valence-electron chi connectivity index (χ1n) is 7.59. The summed E-state index contributed by atoms with van der Waals surface area (Å²) in [5.41, 5.74) is 1.52. The smallest absolute Gasteiger partial charge is 0.194 e. The Bertz CT molecular complexity index is 581. The highest BCUT2D eigenvalue weighted by Crippen LogP contribution is 2.46. The van der Waals surface area contributed by atoms with Crippen LogP contribution >= 0.6 is 0 Å². The van der Waals surface area contributed by atoms with Crippen LogP contribution in [-0.4, -0.2) is 35.1 Å². The molecule has 0 aliphatic carbocycles. The Morgan fingerprint density at radius 1 is 1.36 bits per heavy atom. The van der Waals surface area contributed by atoms with Crippen LogP contribution in [0.25, 0.3) is 0 Å². The van der Waals surface area contributed by atoms with Gasteiger partial charge in [0.2, 0.25) is 0 Å². The van der Waals surface area contributed by atoms with Gasteiger partial charge >= 0.3 is 0 Å². The van der Waals surface area contributed by atoms with Crippen LogP contribution in [0.4, 0.5) is 4.39 Å². The lowest BCUT2D eigenvalue weighted by atomic mass is 9.65. The molecule has 0 amide bonds. The number of halogens is 1. The van der Waals surface area contributed by atoms with Gasteiger partial charge in [0, 0.05) is 36.7 Å². The maximum absolute atomic E-state index is 13.4. The molecule has 0 saturated carbocycles. The number of hydrogen-bond acceptors (Lipinski definition) is 2. The zero-order valence-corrected chi connectivity index (χ0v) is 14.1. The number of nitrogens with zero attached hydrogens (tertiary/aromatic N) is 2. The van der Waals surface area contributed by atoms with Crippen molar-refractivity contribution in [3.8, 4) is 0 Å². The second kappa shape index (κ2) is 5.88. The van der Waals surface area contributed by atoms with Crippen LogP contribution in [0.2, 0.25) is 0 Å². The van der Waals surface area contributed by atoms with Gasteiger partial charge in [0.05, 0.1) is 6.61 Å². The lowest BCUT2D eigenvalue weighted by Crippen LogP contribution is -2.72. The average molecular weight is 307 g/mol. The minimum absolute atomic E-state index is 0.0356. The third-order valence-corrected chi connectivity index (χ3v) is 5.08. The largest absolute Gasteiger partial charge is 0.392 e. The predicted molar refractivity (Wildman–Crippen MR) is 87.1 cm³/mol. The Kier molecular flexibility index (Phi) is 4.47. The van der Waals surface area contributed by atoms with Gasteiger partial charge in [0.25, 0.3) is 0 Å². The van der Waals surface area contributed by atoms with Gasteiger partial charge in [-0.3, -0.25) is 4.99 Å². The number of hydrogen-bond donors (Lipinski definition) is 2. The van der Waals surface area contributed by atoms with Crippen molar-refractivity contribution in [3.63, 3.8) is 0 Å². The van der Waals surface area contributed by atoms with Crippen molar-refractivity contribution < 1.29 is 9.50 Å². The molecule has 22 heavy (non-hydrogen) atoms. The third-order valence-electron chi connectivity index (χ3n) is 5.08. The summed E-state index contributed by atoms with van der Waals surface area (Å²) in [5, 5.41) is 12.5. The van der Waals surface area contributed by atoms with E-state index in [0.717, 1.165) is 18.1 Å². The molecule has 122 valence electrons. The quantitative estimate of drug-likeness (QED) is 0.666. The lowest BCUT2D eigenvalue weighted by Gasteiger charge is -2.62. The summed E-state index contributed by atoms with van der Waals surface area (Å²) in [6, 6.07) is 4.79. The molecule has 4 nitrogen and oxygen atoms in total. The third kappa shape index (κ3) is 2.82. The predicted octanol–water partition coefficient (Wildman–Crippen LogP) is 2.51. The summed E-state index contributed by atoms with van der Waals surface area (Å²) < 4.78 is 13.4. The molecule has 0 aromatic heterocycles. The molecule has 2 N–H and O–H groups in total. The summed E-state index contributed by atoms with van der Waals surface area (Å²) in [6.07, 6.45) is 0. The fraction of sp³-hybridized carbons (Fsp3) is 0.588. The monoisotopic (exact) mass is 307 g/mol. The van der Waals surface area contributed by atoms with E-state index in [1.807, 2.05) is 0 Å². The number of likely N-dealkylation sites (tertiary alicyclic amines) is 1. The molecule has 1 aromatic rings. The molecule has 1 saturated heterocycles. The number of aliphatic hydroxyl groups excluding tert-OH is 1. The molecular formula is C17H26FN3O. The van der Waals surface area contributed by atoms with Crippen molar-refractivity contribution in [1.82, 2.24) is 10.2 Å². The Morgan fingerprint density at radius 3 is 2.55 bits per heavy atom. The summed E-state index contributed by atoms with van der Waals surface area (Å²) in [7, 11) is 1.77. The molecule has 1 aliphatic heterocycles. The Hall–Kier alpha value is -1.62. The highest BCUT2D eigenvalue weighted by atomic mass is 19.1. The SMILES string of the molecule is CN=C(NCc1ccc(F)c(CO)c1)N1CC(C)(C)C1(C)C. The summed E-state index contributed by atoms with van der Waals surface area (Å²) in [6.45, 7) is 10.1. The van der Waals surface area contributed by atoms with Crippen molar-refractivity contribution in [3.05, 3.63) is 35.1 Å². The van der Waals surface area contributed by atoms with E-state index in [2.05, 4.69) is 42.9 Å². The summed E-state index contributed by atoms with van der Waals surface area (Å²) in [5.74, 6) is 0.473. The normalized spacial score (nSPS) is 19.8. The molecule has 0 spiro atoms. The van der Waals surface area contributed by atoms with Crippen molar-refractivity contribution in [2.75, 3.05) is 13.6 Å². The maximum atomic E-state index is 13.4. The van der Waals surface area contributed by atoms with E-state index in [0.29, 0.717) is 12.1 Å². The van der Waals surface area contributed by atoms with Crippen LogP contribution in [0.5, 0.6) is 0 Å². The average Bonchev–Trinajstić information content (AvgIpc) is 2.48. The van der Waals surface area contributed by atoms with E-state index in [-0.39, 0.29) is 23.4 Å². The fourth-order valence-corrected chi connectivity index (χ4v) is 2.74. The molecule has 1 heterocycles. The molecule has 0 unspecified atom stereocenters. The summed E-state index contributed by atoms with van der Waals surface area (Å²) in [4.78, 5) is 6.61. The first kappa shape index (κ1) is 16.7. The molecule has 2 rings (SSSR count). The lowest BCUT2D eigenvalue weighted by molar-refractivity contribution is -0.0667. The van der Waals surface area contributed by atoms with Crippen LogP contribution in [-0.2, 0) is 13.2 Å². The van der Waals surface area contributed by atoms with E-state index < -0.39 is 0 Å². The van der Waals surface area contributed by atoms with Gasteiger partial charge < -0.3 is 15.3 Å². The molecule has 1 fully saturated rings. The molecule has 0 radical (unpaired) electrons. The molecule has 1 aromatic carbocycles. The molecule has 1 aliphatic rings. The van der Waals surface area contributed by atoms with Gasteiger partial charge in [0.15, 0.2) is 5.96 Å². The van der Waals surface area contributed by atoms with Crippen LogP contribution in [0.3, 0.4) is 0 Å². The molecular weight excluding hydrogens is 281 g/mol. The Labute approximate surface area is 132 Å². The maximum Gasteiger partial charge on any atom is 0.194 e. The van der Waals surface area contributed by atoms with Crippen molar-refractivity contribution in [1.29, 1.82) is 0 Å². The minimum atomic E-state index is -0.374. The molecule has 0 atom stereocenters. The number of benzene rings is 1. The second-order valence-corrected chi connectivity index (χ2v) is 7.01. The van der Waals surface area contributed by atoms with Gasteiger partial charge in [-0.15, -0.1) is 0 Å². The van der Waals surface area contributed by atoms with Gasteiger partial charge in [-0.05, 0) is 31.5 Å². The number of aliphatic imine (C=N–C) groups is 1. The van der Waals surface area contributed by atoms with E-state index in [1.54, 1.807) is 19.2 Å². The standard InChI is InChI=1S/C17H26FN3O/c1-16(2)11-21(17(16,3)4)15(19-5)20-9-12-6-7-14(18)13(8-12)10-22/h6-8,22H,9-11H2,1-5H3,(H,19,20). The first-order chi connectivity index (χ1) is 10.2. The minimum Gasteiger partial charge on any atom is -0.392 e. The van der Waals surface area contributed by atoms with Crippen LogP contribution in [0.15, 0.2) is 23.2 Å². The highest BCUT2D eigenvalue weighted by Gasteiger charge is 2.53. The van der Waals surface area contributed by atoms with Crippen LogP contribution < -0.4 is 5.32 Å². The van der Waals surface area contributed by atoms with Crippen LogP contribution in [0, 0.1) is 11.2 Å². The van der Waals surface area contributed by atoms with Gasteiger partial charge in [-0.2, -0.15) is 0 Å². The number of guanidine groups is 1. The van der Waals surface area contributed by atoms with Gasteiger partial charge in [-0.1, -0.05) is 19.9 Å². The van der Waals surface area contributed by atoms with E-state index >= 15 is 0 Å². The number of nitrogens with one attached hydrogen (secondary N) is 1. The van der Waals surface area contributed by atoms with Crippen molar-refractivity contribution in [2.24, 2.45) is 10.4 Å². The number of aliphatic hydroxyl groups is 1. The highest BCUT2D eigenvalue weighted by molar-refractivity contribution is 5.82. The second-order valence-electron chi connectivity index (χ2n) is 7.01. The van der Waals surface area contributed by atoms with Gasteiger partial charge in [-0.25, -0.2) is 4.39 Å². The Balaban J connectivity index is 2.04. The van der Waals surface area contributed by atoms with Crippen molar-refractivity contribution >= 4 is 5.96 Å².